The summed E-state index contributed by atoms with van der Waals surface area (Å²) in [6, 6.07) is 0. The number of ether oxygens (including phenoxy) is 6. The van der Waals surface area contributed by atoms with Gasteiger partial charge in [0.05, 0.1) is 0 Å². The average Bonchev–Trinajstić information content (AvgIpc) is 2.88. The van der Waals surface area contributed by atoms with E-state index in [9.17, 15) is 4.79 Å². The third-order valence-electron chi connectivity index (χ3n) is 7.02. The molecule has 0 aromatic carbocycles. The summed E-state index contributed by atoms with van der Waals surface area (Å²) >= 11 is 0. The van der Waals surface area contributed by atoms with E-state index in [0.717, 1.165) is 64.2 Å². The first kappa shape index (κ1) is 35.0. The van der Waals surface area contributed by atoms with Crippen LogP contribution < -0.4 is 0 Å². The van der Waals surface area contributed by atoms with Crippen molar-refractivity contribution in [1.82, 2.24) is 0 Å². The Balaban J connectivity index is 3.72. The number of esters is 1. The minimum absolute atomic E-state index is 0.364. The molecule has 38 heavy (non-hydrogen) atoms. The van der Waals surface area contributed by atoms with Crippen molar-refractivity contribution in [1.29, 1.82) is 0 Å². The molecule has 0 aliphatic heterocycles. The lowest BCUT2D eigenvalue weighted by Crippen LogP contribution is -2.74. The third kappa shape index (κ3) is 10.9. The molecule has 0 bridgehead atoms. The fraction of sp³-hybridized carbons (Fsp3) is 0.903. The third-order valence-corrected chi connectivity index (χ3v) is 7.02. The van der Waals surface area contributed by atoms with Crippen LogP contribution in [-0.4, -0.2) is 75.1 Å². The molecule has 0 aromatic rings. The molecule has 0 saturated heterocycles. The fourth-order valence-electron chi connectivity index (χ4n) is 4.96. The summed E-state index contributed by atoms with van der Waals surface area (Å²) < 4.78 is 39.3. The van der Waals surface area contributed by atoms with Gasteiger partial charge in [0, 0.05) is 46.4 Å². The Morgan fingerprint density at radius 3 is 1.29 bits per heavy atom. The van der Waals surface area contributed by atoms with Gasteiger partial charge in [0.2, 0.25) is 0 Å². The summed E-state index contributed by atoms with van der Waals surface area (Å²) in [4.78, 5) is 12.7. The van der Waals surface area contributed by atoms with Crippen molar-refractivity contribution in [3.05, 3.63) is 12.7 Å². The van der Waals surface area contributed by atoms with Crippen LogP contribution in [0.3, 0.4) is 0 Å². The number of hydrogen-bond donors (Lipinski definition) is 0. The molecule has 7 nitrogen and oxygen atoms in total. The van der Waals surface area contributed by atoms with Gasteiger partial charge < -0.3 is 28.4 Å². The van der Waals surface area contributed by atoms with E-state index in [4.69, 9.17) is 28.4 Å². The van der Waals surface area contributed by atoms with Gasteiger partial charge in [0.25, 0.3) is 0 Å². The molecule has 0 radical (unpaired) electrons. The van der Waals surface area contributed by atoms with Crippen LogP contribution in [-0.2, 0) is 33.2 Å². The Hall–Kier alpha value is -0.990. The maximum absolute atomic E-state index is 12.7. The molecular weight excluding hydrogens is 484 g/mol. The smallest absolute Gasteiger partial charge is 0.303 e. The van der Waals surface area contributed by atoms with Crippen molar-refractivity contribution in [2.45, 2.75) is 148 Å². The van der Waals surface area contributed by atoms with Gasteiger partial charge in [-0.2, -0.15) is 0 Å². The van der Waals surface area contributed by atoms with E-state index in [1.807, 2.05) is 0 Å². The minimum Gasteiger partial charge on any atom is -0.453 e. The molecular formula is C31H58O7. The second kappa shape index (κ2) is 20.8. The Bertz CT molecular complexity index is 579. The van der Waals surface area contributed by atoms with Crippen molar-refractivity contribution in [2.75, 3.05) is 33.0 Å². The Kier molecular flexibility index (Phi) is 19.2. The predicted octanol–water partition coefficient (Wildman–Crippen LogP) is 6.80. The lowest BCUT2D eigenvalue weighted by molar-refractivity contribution is -0.311. The highest BCUT2D eigenvalue weighted by Gasteiger charge is 2.64. The van der Waals surface area contributed by atoms with Crippen molar-refractivity contribution < 1.29 is 33.2 Å². The van der Waals surface area contributed by atoms with Gasteiger partial charge in [0.15, 0.2) is 5.60 Å². The molecule has 3 unspecified atom stereocenters. The van der Waals surface area contributed by atoms with Gasteiger partial charge in [-0.05, 0) is 32.1 Å². The highest BCUT2D eigenvalue weighted by molar-refractivity contribution is 5.67. The zero-order valence-corrected chi connectivity index (χ0v) is 25.3. The van der Waals surface area contributed by atoms with Crippen molar-refractivity contribution in [2.24, 2.45) is 0 Å². The van der Waals surface area contributed by atoms with Gasteiger partial charge in [-0.15, -0.1) is 6.58 Å². The molecule has 1 saturated carbocycles. The molecule has 6 atom stereocenters. The van der Waals surface area contributed by atoms with Crippen LogP contribution in [0.15, 0.2) is 12.7 Å². The normalized spacial score (nSPS) is 27.4. The SMILES string of the molecule is C=CC[C@@]1(OC(C)=O)C(OCCCC)C(OCCCC)[C@H](OCCCC)C(OCCCC)[C@@H]1OCCCC. The molecule has 1 aliphatic rings. The summed E-state index contributed by atoms with van der Waals surface area (Å²) in [5.41, 5.74) is -1.15. The van der Waals surface area contributed by atoms with Crippen LogP contribution in [0.1, 0.15) is 112 Å². The van der Waals surface area contributed by atoms with Crippen LogP contribution >= 0.6 is 0 Å². The van der Waals surface area contributed by atoms with E-state index in [1.54, 1.807) is 6.08 Å². The molecule has 0 aromatic heterocycles. The summed E-state index contributed by atoms with van der Waals surface area (Å²) in [5.74, 6) is -0.384. The number of hydrogen-bond acceptors (Lipinski definition) is 7. The summed E-state index contributed by atoms with van der Waals surface area (Å²) in [6.07, 6.45) is 9.19. The molecule has 0 N–H and O–H groups in total. The van der Waals surface area contributed by atoms with Crippen LogP contribution in [0.5, 0.6) is 0 Å². The van der Waals surface area contributed by atoms with E-state index < -0.39 is 36.1 Å². The largest absolute Gasteiger partial charge is 0.453 e. The van der Waals surface area contributed by atoms with E-state index in [0.29, 0.717) is 39.5 Å². The van der Waals surface area contributed by atoms with Crippen molar-refractivity contribution >= 4 is 5.97 Å². The Morgan fingerprint density at radius 1 is 0.632 bits per heavy atom. The summed E-state index contributed by atoms with van der Waals surface area (Å²) in [7, 11) is 0. The molecule has 0 amide bonds. The van der Waals surface area contributed by atoms with E-state index >= 15 is 0 Å². The second-order valence-corrected chi connectivity index (χ2v) is 10.4. The second-order valence-electron chi connectivity index (χ2n) is 10.4. The minimum atomic E-state index is -1.15. The number of carbonyl (C=O) groups is 1. The van der Waals surface area contributed by atoms with Crippen LogP contribution in [0.2, 0.25) is 0 Å². The Morgan fingerprint density at radius 2 is 0.974 bits per heavy atom. The monoisotopic (exact) mass is 542 g/mol. The zero-order chi connectivity index (χ0) is 28.2. The van der Waals surface area contributed by atoms with Gasteiger partial charge in [0.1, 0.15) is 30.5 Å². The molecule has 1 rings (SSSR count). The average molecular weight is 543 g/mol. The van der Waals surface area contributed by atoms with Crippen molar-refractivity contribution in [3.63, 3.8) is 0 Å². The van der Waals surface area contributed by atoms with E-state index in [1.165, 1.54) is 6.92 Å². The maximum atomic E-state index is 12.7. The first-order chi connectivity index (χ1) is 18.5. The molecule has 224 valence electrons. The summed E-state index contributed by atoms with van der Waals surface area (Å²) in [6.45, 7) is 19.0. The molecule has 0 spiro atoms. The van der Waals surface area contributed by atoms with Crippen LogP contribution in [0.4, 0.5) is 0 Å². The maximum Gasteiger partial charge on any atom is 0.303 e. The number of rotatable bonds is 23. The highest BCUT2D eigenvalue weighted by atomic mass is 16.6. The first-order valence-electron chi connectivity index (χ1n) is 15.4. The molecule has 0 heterocycles. The lowest BCUT2D eigenvalue weighted by Gasteiger charge is -2.55. The quantitative estimate of drug-likeness (QED) is 0.0798. The fourth-order valence-corrected chi connectivity index (χ4v) is 4.96. The predicted molar refractivity (Wildman–Crippen MR) is 153 cm³/mol. The topological polar surface area (TPSA) is 72.5 Å². The van der Waals surface area contributed by atoms with Crippen molar-refractivity contribution in [3.8, 4) is 0 Å². The van der Waals surface area contributed by atoms with Crippen LogP contribution in [0.25, 0.3) is 0 Å². The molecule has 7 heteroatoms. The van der Waals surface area contributed by atoms with E-state index in [2.05, 4.69) is 41.2 Å². The highest BCUT2D eigenvalue weighted by Crippen LogP contribution is 2.44. The number of unbranched alkanes of at least 4 members (excludes halogenated alkanes) is 5. The van der Waals surface area contributed by atoms with E-state index in [-0.39, 0.29) is 5.97 Å². The molecule has 1 aliphatic carbocycles. The van der Waals surface area contributed by atoms with Gasteiger partial charge >= 0.3 is 5.97 Å². The number of carbonyl (C=O) groups excluding carboxylic acids is 1. The van der Waals surface area contributed by atoms with Gasteiger partial charge in [-0.25, -0.2) is 0 Å². The lowest BCUT2D eigenvalue weighted by atomic mass is 9.72. The van der Waals surface area contributed by atoms with Gasteiger partial charge in [-0.3, -0.25) is 4.79 Å². The Labute approximate surface area is 233 Å². The standard InChI is InChI=1S/C31H58O7/c1-8-14-20-33-26-27(34-21-15-9-2)29(36-23-17-11-4)31(19-13-6,38-25(7)32)30(37-24-18-12-5)28(26)35-22-16-10-3/h13,26-30H,6,8-12,14-24H2,1-5,7H3/t26-,27?,28?,29+,30?,31+/m1/s1. The van der Waals surface area contributed by atoms with Gasteiger partial charge in [-0.1, -0.05) is 72.8 Å². The zero-order valence-electron chi connectivity index (χ0n) is 25.3. The molecule has 1 fully saturated rings. The first-order valence-corrected chi connectivity index (χ1v) is 15.4. The van der Waals surface area contributed by atoms with Crippen LogP contribution in [0, 0.1) is 0 Å². The summed E-state index contributed by atoms with van der Waals surface area (Å²) in [5, 5.41) is 0.